The lowest BCUT2D eigenvalue weighted by atomic mass is 9.89. The highest BCUT2D eigenvalue weighted by Crippen LogP contribution is 2.36. The molecule has 1 aliphatic heterocycles. The Morgan fingerprint density at radius 2 is 1.90 bits per heavy atom. The maximum atomic E-state index is 5.93. The maximum Gasteiger partial charge on any atom is 0.185 e. The van der Waals surface area contributed by atoms with Crippen molar-refractivity contribution in [2.45, 2.75) is 11.4 Å². The van der Waals surface area contributed by atoms with Crippen LogP contribution in [0.2, 0.25) is 0 Å². The van der Waals surface area contributed by atoms with Crippen LogP contribution >= 0.6 is 11.6 Å². The quantitative estimate of drug-likeness (QED) is 0.601. The van der Waals surface area contributed by atoms with Crippen molar-refractivity contribution >= 4 is 17.3 Å². The molecule has 1 aliphatic rings. The third-order valence-electron chi connectivity index (χ3n) is 4.98. The Labute approximate surface area is 179 Å². The number of hydrogen-bond acceptors (Lipinski definition) is 8. The number of dihydropyridines is 1. The topological polar surface area (TPSA) is 83.5 Å². The van der Waals surface area contributed by atoms with Gasteiger partial charge in [-0.05, 0) is 24.3 Å². The van der Waals surface area contributed by atoms with Gasteiger partial charge in [0.25, 0.3) is 0 Å². The number of aromatic nitrogens is 3. The number of anilines is 1. The summed E-state index contributed by atoms with van der Waals surface area (Å²) in [6.07, 6.45) is 7.67. The van der Waals surface area contributed by atoms with E-state index in [1.165, 1.54) is 0 Å². The van der Waals surface area contributed by atoms with Gasteiger partial charge in [-0.15, -0.1) is 11.6 Å². The number of nitrogens with one attached hydrogen (secondary N) is 1. The Bertz CT molecular complexity index is 1080. The first-order chi connectivity index (χ1) is 14.4. The van der Waals surface area contributed by atoms with Gasteiger partial charge in [-0.2, -0.15) is 0 Å². The Hall–Kier alpha value is -3.26. The first-order valence-electron chi connectivity index (χ1n) is 9.40. The second-order valence-electron chi connectivity index (χ2n) is 7.44. The summed E-state index contributed by atoms with van der Waals surface area (Å²) in [5, 5.41) is 11.8. The van der Waals surface area contributed by atoms with Gasteiger partial charge in [0.15, 0.2) is 17.1 Å². The van der Waals surface area contributed by atoms with E-state index in [0.29, 0.717) is 28.6 Å². The van der Waals surface area contributed by atoms with Gasteiger partial charge in [0.2, 0.25) is 0 Å². The fraction of sp³-hybridized carbons (Fsp3) is 0.286. The fourth-order valence-electron chi connectivity index (χ4n) is 3.15. The van der Waals surface area contributed by atoms with Crippen LogP contribution in [0.5, 0.6) is 0 Å². The van der Waals surface area contributed by atoms with E-state index < -0.39 is 5.54 Å². The third kappa shape index (κ3) is 3.54. The molecule has 8 nitrogen and oxygen atoms in total. The van der Waals surface area contributed by atoms with Crippen LogP contribution in [0.3, 0.4) is 0 Å². The zero-order valence-electron chi connectivity index (χ0n) is 17.3. The second kappa shape index (κ2) is 7.87. The molecule has 0 radical (unpaired) electrons. The molecule has 1 atom stereocenters. The summed E-state index contributed by atoms with van der Waals surface area (Å²) in [4.78, 5) is 8.48. The van der Waals surface area contributed by atoms with Crippen LogP contribution < -0.4 is 10.2 Å². The molecule has 0 aromatic carbocycles. The summed E-state index contributed by atoms with van der Waals surface area (Å²) < 4.78 is 11.3. The summed E-state index contributed by atoms with van der Waals surface area (Å²) >= 11 is 5.93. The number of halogens is 1. The Morgan fingerprint density at radius 1 is 1.07 bits per heavy atom. The highest BCUT2D eigenvalue weighted by atomic mass is 35.5. The van der Waals surface area contributed by atoms with Crippen molar-refractivity contribution in [1.82, 2.24) is 25.5 Å². The SMILES string of the molecule is CN(C)C1=CNC(c2cc(-c3ccc(N(C)C)cn3)on2)(c2cc(CCl)no2)C=C1. The van der Waals surface area contributed by atoms with Gasteiger partial charge >= 0.3 is 0 Å². The van der Waals surface area contributed by atoms with E-state index in [0.717, 1.165) is 11.4 Å². The molecule has 0 aliphatic carbocycles. The predicted octanol–water partition coefficient (Wildman–Crippen LogP) is 3.34. The lowest BCUT2D eigenvalue weighted by Crippen LogP contribution is -2.41. The van der Waals surface area contributed by atoms with E-state index in [1.54, 1.807) is 6.20 Å². The van der Waals surface area contributed by atoms with Crippen LogP contribution in [0.25, 0.3) is 11.5 Å². The lowest BCUT2D eigenvalue weighted by molar-refractivity contribution is 0.312. The largest absolute Gasteiger partial charge is 0.377 e. The van der Waals surface area contributed by atoms with E-state index >= 15 is 0 Å². The van der Waals surface area contributed by atoms with Gasteiger partial charge in [-0.3, -0.25) is 4.98 Å². The Kier molecular flexibility index (Phi) is 5.26. The number of alkyl halides is 1. The number of nitrogens with zero attached hydrogens (tertiary/aromatic N) is 5. The molecule has 0 amide bonds. The number of pyridine rings is 1. The Balaban J connectivity index is 1.73. The van der Waals surface area contributed by atoms with E-state index in [-0.39, 0.29) is 5.88 Å². The first kappa shape index (κ1) is 20.0. The molecule has 0 bridgehead atoms. The van der Waals surface area contributed by atoms with Crippen molar-refractivity contribution in [3.05, 3.63) is 71.7 Å². The maximum absolute atomic E-state index is 5.93. The van der Waals surface area contributed by atoms with Crippen molar-refractivity contribution in [3.8, 4) is 11.5 Å². The molecule has 1 N–H and O–H groups in total. The molecular formula is C21H23ClN6O2. The molecule has 0 fully saturated rings. The van der Waals surface area contributed by atoms with Crippen LogP contribution in [0.15, 0.2) is 63.6 Å². The van der Waals surface area contributed by atoms with Crippen molar-refractivity contribution < 1.29 is 9.05 Å². The molecule has 9 heteroatoms. The molecule has 156 valence electrons. The van der Waals surface area contributed by atoms with Crippen molar-refractivity contribution in [3.63, 3.8) is 0 Å². The minimum Gasteiger partial charge on any atom is -0.377 e. The molecule has 30 heavy (non-hydrogen) atoms. The van der Waals surface area contributed by atoms with Crippen LogP contribution in [0.4, 0.5) is 5.69 Å². The number of allylic oxidation sites excluding steroid dienone is 1. The summed E-state index contributed by atoms with van der Waals surface area (Å²) in [6.45, 7) is 0. The van der Waals surface area contributed by atoms with Gasteiger partial charge < -0.3 is 24.2 Å². The molecule has 4 heterocycles. The minimum atomic E-state index is -0.873. The monoisotopic (exact) mass is 426 g/mol. The van der Waals surface area contributed by atoms with Crippen LogP contribution in [-0.4, -0.2) is 48.4 Å². The second-order valence-corrected chi connectivity index (χ2v) is 7.71. The van der Waals surface area contributed by atoms with Crippen molar-refractivity contribution in [2.24, 2.45) is 0 Å². The summed E-state index contributed by atoms with van der Waals surface area (Å²) in [7, 11) is 7.89. The summed E-state index contributed by atoms with van der Waals surface area (Å²) in [5.41, 5.74) is 3.10. The fourth-order valence-corrected chi connectivity index (χ4v) is 3.28. The first-order valence-corrected chi connectivity index (χ1v) is 9.94. The van der Waals surface area contributed by atoms with Gasteiger partial charge in [0, 0.05) is 46.5 Å². The normalized spacial score (nSPS) is 18.1. The average Bonchev–Trinajstić information content (AvgIpc) is 3.44. The third-order valence-corrected chi connectivity index (χ3v) is 5.26. The zero-order valence-corrected chi connectivity index (χ0v) is 18.0. The van der Waals surface area contributed by atoms with Gasteiger partial charge in [-0.1, -0.05) is 10.3 Å². The number of likely N-dealkylation sites (N-methyl/N-ethyl adjacent to an activating group) is 1. The molecule has 0 saturated carbocycles. The molecule has 1 unspecified atom stereocenters. The highest BCUT2D eigenvalue weighted by molar-refractivity contribution is 6.16. The minimum absolute atomic E-state index is 0.258. The van der Waals surface area contributed by atoms with E-state index in [1.807, 2.05) is 80.6 Å². The number of rotatable bonds is 6. The smallest absolute Gasteiger partial charge is 0.185 e. The van der Waals surface area contributed by atoms with E-state index in [2.05, 4.69) is 20.6 Å². The molecule has 0 saturated heterocycles. The summed E-state index contributed by atoms with van der Waals surface area (Å²) in [5.74, 6) is 1.39. The number of hydrogen-bond donors (Lipinski definition) is 1. The van der Waals surface area contributed by atoms with Crippen LogP contribution in [-0.2, 0) is 11.4 Å². The zero-order chi connectivity index (χ0) is 21.3. The Morgan fingerprint density at radius 3 is 2.47 bits per heavy atom. The van der Waals surface area contributed by atoms with E-state index in [4.69, 9.17) is 20.6 Å². The van der Waals surface area contributed by atoms with E-state index in [9.17, 15) is 0 Å². The van der Waals surface area contributed by atoms with Crippen LogP contribution in [0, 0.1) is 0 Å². The van der Waals surface area contributed by atoms with Crippen LogP contribution in [0.1, 0.15) is 17.1 Å². The summed E-state index contributed by atoms with van der Waals surface area (Å²) in [6, 6.07) is 7.55. The predicted molar refractivity (Wildman–Crippen MR) is 115 cm³/mol. The molecule has 0 spiro atoms. The molecule has 3 aromatic heterocycles. The van der Waals surface area contributed by atoms with Crippen molar-refractivity contribution in [2.75, 3.05) is 33.1 Å². The van der Waals surface area contributed by atoms with Gasteiger partial charge in [0.1, 0.15) is 11.4 Å². The highest BCUT2D eigenvalue weighted by Gasteiger charge is 2.40. The average molecular weight is 427 g/mol. The van der Waals surface area contributed by atoms with Gasteiger partial charge in [-0.25, -0.2) is 0 Å². The van der Waals surface area contributed by atoms with Gasteiger partial charge in [0.05, 0.1) is 29.2 Å². The molecular weight excluding hydrogens is 404 g/mol. The van der Waals surface area contributed by atoms with Crippen molar-refractivity contribution in [1.29, 1.82) is 0 Å². The molecule has 3 aromatic rings. The lowest BCUT2D eigenvalue weighted by Gasteiger charge is -2.31. The molecule has 4 rings (SSSR count). The standard InChI is InChI=1S/C21H23ClN6O2/c1-27(2)15-5-6-17(23-12-15)18-10-19(26-29-18)21(20-9-14(11-22)25-30-20)8-7-16(13-24-21)28(3)4/h5-10,12-13,24H,11H2,1-4H3.